The monoisotopic (exact) mass is 709 g/mol. The normalized spacial score (nSPS) is 12.0. The van der Waals surface area contributed by atoms with E-state index in [1.54, 1.807) is 54.6 Å². The van der Waals surface area contributed by atoms with E-state index in [1.807, 2.05) is 58.0 Å². The molecule has 4 aromatic rings. The summed E-state index contributed by atoms with van der Waals surface area (Å²) in [5.74, 6) is -0.230. The summed E-state index contributed by atoms with van der Waals surface area (Å²) < 4.78 is 35.1. The third-order valence-electron chi connectivity index (χ3n) is 7.63. The maximum atomic E-state index is 14.6. The molecule has 0 saturated carbocycles. The molecule has 1 atom stereocenters. The second kappa shape index (κ2) is 16.9. The fourth-order valence-corrected chi connectivity index (χ4v) is 6.93. The van der Waals surface area contributed by atoms with Crippen molar-refractivity contribution in [3.63, 3.8) is 0 Å². The van der Waals surface area contributed by atoms with Crippen molar-refractivity contribution in [2.75, 3.05) is 24.0 Å². The number of nitrogens with zero attached hydrogens (tertiary/aromatic N) is 2. The number of carbonyl (C=O) groups excluding carboxylic acids is 2. The Kier molecular flexibility index (Phi) is 12.9. The first-order chi connectivity index (χ1) is 22.9. The molecular formula is C37H41Cl2N3O5S. The van der Waals surface area contributed by atoms with Crippen molar-refractivity contribution in [2.45, 2.75) is 51.6 Å². The Morgan fingerprint density at radius 2 is 1.56 bits per heavy atom. The minimum atomic E-state index is -4.24. The molecular weight excluding hydrogens is 669 g/mol. The van der Waals surface area contributed by atoms with Gasteiger partial charge < -0.3 is 15.0 Å². The minimum Gasteiger partial charge on any atom is -0.494 e. The highest BCUT2D eigenvalue weighted by atomic mass is 35.5. The van der Waals surface area contributed by atoms with E-state index in [1.165, 1.54) is 17.0 Å². The smallest absolute Gasteiger partial charge is 0.264 e. The summed E-state index contributed by atoms with van der Waals surface area (Å²) in [5, 5.41) is 3.72. The number of ether oxygens (including phenoxy) is 1. The van der Waals surface area contributed by atoms with Gasteiger partial charge in [0.15, 0.2) is 0 Å². The molecule has 0 fully saturated rings. The predicted molar refractivity (Wildman–Crippen MR) is 192 cm³/mol. The number of hydrogen-bond acceptors (Lipinski definition) is 5. The lowest BCUT2D eigenvalue weighted by molar-refractivity contribution is -0.140. The van der Waals surface area contributed by atoms with Crippen LogP contribution in [-0.2, 0) is 32.6 Å². The Hall–Kier alpha value is -4.05. The van der Waals surface area contributed by atoms with Gasteiger partial charge in [-0.15, -0.1) is 0 Å². The van der Waals surface area contributed by atoms with Crippen LogP contribution in [0.1, 0.15) is 37.5 Å². The Morgan fingerprint density at radius 3 is 2.17 bits per heavy atom. The van der Waals surface area contributed by atoms with Crippen LogP contribution in [0.25, 0.3) is 0 Å². The van der Waals surface area contributed by atoms with E-state index in [-0.39, 0.29) is 35.4 Å². The van der Waals surface area contributed by atoms with E-state index >= 15 is 0 Å². The highest BCUT2D eigenvalue weighted by Gasteiger charge is 2.35. The highest BCUT2D eigenvalue weighted by molar-refractivity contribution is 7.92. The lowest BCUT2D eigenvalue weighted by Crippen LogP contribution is -2.53. The van der Waals surface area contributed by atoms with Crippen LogP contribution < -0.4 is 14.4 Å². The maximum absolute atomic E-state index is 14.6. The quantitative estimate of drug-likeness (QED) is 0.140. The third-order valence-corrected chi connectivity index (χ3v) is 10.0. The van der Waals surface area contributed by atoms with Crippen molar-refractivity contribution in [2.24, 2.45) is 5.92 Å². The van der Waals surface area contributed by atoms with Gasteiger partial charge in [0, 0.05) is 29.6 Å². The van der Waals surface area contributed by atoms with Crippen molar-refractivity contribution in [3.05, 3.63) is 124 Å². The van der Waals surface area contributed by atoms with Gasteiger partial charge in [0.1, 0.15) is 18.3 Å². The molecule has 0 heterocycles. The lowest BCUT2D eigenvalue weighted by atomic mass is 10.0. The zero-order valence-electron chi connectivity index (χ0n) is 27.5. The molecule has 0 saturated heterocycles. The van der Waals surface area contributed by atoms with E-state index in [0.717, 1.165) is 15.4 Å². The highest BCUT2D eigenvalue weighted by Crippen LogP contribution is 2.28. The summed E-state index contributed by atoms with van der Waals surface area (Å²) in [7, 11) is -4.24. The summed E-state index contributed by atoms with van der Waals surface area (Å²) in [6.07, 6.45) is 0.190. The molecule has 0 radical (unpaired) electrons. The maximum Gasteiger partial charge on any atom is 0.264 e. The van der Waals surface area contributed by atoms with Gasteiger partial charge in [0.05, 0.1) is 17.2 Å². The second-order valence-corrected chi connectivity index (χ2v) is 14.6. The molecule has 8 nitrogen and oxygen atoms in total. The molecule has 0 aliphatic heterocycles. The van der Waals surface area contributed by atoms with Gasteiger partial charge in [-0.2, -0.15) is 0 Å². The number of benzene rings is 4. The van der Waals surface area contributed by atoms with Crippen molar-refractivity contribution in [1.29, 1.82) is 0 Å². The molecule has 1 N–H and O–H groups in total. The molecule has 0 aliphatic carbocycles. The van der Waals surface area contributed by atoms with Crippen LogP contribution in [0.2, 0.25) is 10.0 Å². The average Bonchev–Trinajstić information content (AvgIpc) is 3.06. The molecule has 48 heavy (non-hydrogen) atoms. The van der Waals surface area contributed by atoms with Crippen molar-refractivity contribution in [3.8, 4) is 5.75 Å². The number of halogens is 2. The molecule has 11 heteroatoms. The lowest BCUT2D eigenvalue weighted by Gasteiger charge is -2.34. The molecule has 0 unspecified atom stereocenters. The van der Waals surface area contributed by atoms with Crippen LogP contribution in [0.5, 0.6) is 5.75 Å². The predicted octanol–water partition coefficient (Wildman–Crippen LogP) is 7.31. The zero-order chi connectivity index (χ0) is 34.8. The third kappa shape index (κ3) is 9.75. The minimum absolute atomic E-state index is 0.0255. The van der Waals surface area contributed by atoms with E-state index in [4.69, 9.17) is 27.9 Å². The first kappa shape index (κ1) is 36.8. The first-order valence-corrected chi connectivity index (χ1v) is 18.0. The van der Waals surface area contributed by atoms with Crippen LogP contribution in [0.3, 0.4) is 0 Å². The summed E-state index contributed by atoms with van der Waals surface area (Å²) in [6.45, 7) is 7.86. The summed E-state index contributed by atoms with van der Waals surface area (Å²) >= 11 is 12.8. The number of rotatable bonds is 15. The van der Waals surface area contributed by atoms with E-state index in [9.17, 15) is 18.0 Å². The largest absolute Gasteiger partial charge is 0.494 e. The number of nitrogens with one attached hydrogen (secondary N) is 1. The second-order valence-electron chi connectivity index (χ2n) is 11.9. The zero-order valence-corrected chi connectivity index (χ0v) is 29.9. The fourth-order valence-electron chi connectivity index (χ4n) is 5.05. The van der Waals surface area contributed by atoms with Gasteiger partial charge in [-0.1, -0.05) is 91.1 Å². The fraction of sp³-hybridized carbons (Fsp3) is 0.297. The number of carbonyl (C=O) groups is 2. The van der Waals surface area contributed by atoms with Crippen molar-refractivity contribution >= 4 is 50.7 Å². The van der Waals surface area contributed by atoms with Crippen LogP contribution in [0.4, 0.5) is 5.69 Å². The van der Waals surface area contributed by atoms with Gasteiger partial charge >= 0.3 is 0 Å². The average molecular weight is 711 g/mol. The first-order valence-electron chi connectivity index (χ1n) is 15.8. The number of amides is 2. The molecule has 4 aromatic carbocycles. The Bertz CT molecular complexity index is 1780. The Labute approximate surface area is 293 Å². The molecule has 0 aliphatic rings. The van der Waals surface area contributed by atoms with Crippen molar-refractivity contribution in [1.82, 2.24) is 10.2 Å². The van der Waals surface area contributed by atoms with Gasteiger partial charge in [-0.25, -0.2) is 8.42 Å². The van der Waals surface area contributed by atoms with E-state index in [2.05, 4.69) is 5.32 Å². The number of sulfonamides is 1. The van der Waals surface area contributed by atoms with Crippen LogP contribution in [0.15, 0.2) is 102 Å². The Balaban J connectivity index is 1.82. The summed E-state index contributed by atoms with van der Waals surface area (Å²) in [4.78, 5) is 30.0. The van der Waals surface area contributed by atoms with Gasteiger partial charge in [-0.3, -0.25) is 13.9 Å². The number of anilines is 1. The molecule has 0 aromatic heterocycles. The topological polar surface area (TPSA) is 96.0 Å². The molecule has 0 bridgehead atoms. The van der Waals surface area contributed by atoms with Crippen molar-refractivity contribution < 1.29 is 22.7 Å². The van der Waals surface area contributed by atoms with Gasteiger partial charge in [0.25, 0.3) is 10.0 Å². The summed E-state index contributed by atoms with van der Waals surface area (Å²) in [5.41, 5.74) is 2.54. The van der Waals surface area contributed by atoms with Crippen LogP contribution >= 0.6 is 23.2 Å². The van der Waals surface area contributed by atoms with Gasteiger partial charge in [-0.05, 0) is 79.4 Å². The van der Waals surface area contributed by atoms with Gasteiger partial charge in [0.2, 0.25) is 11.8 Å². The molecule has 4 rings (SSSR count). The summed E-state index contributed by atoms with van der Waals surface area (Å²) in [6, 6.07) is 26.2. The van der Waals surface area contributed by atoms with E-state index < -0.39 is 28.5 Å². The number of aryl methyl sites for hydroxylation is 1. The van der Waals surface area contributed by atoms with E-state index in [0.29, 0.717) is 34.5 Å². The molecule has 2 amide bonds. The SMILES string of the molecule is CCOc1ccc(N(CC(=O)N(Cc2ccc(Cl)cc2Cl)[C@H](Cc2ccccc2)C(=O)NCC(C)C)S(=O)(=O)c2ccc(C)cc2)cc1. The number of hydrogen-bond donors (Lipinski definition) is 1. The van der Waals surface area contributed by atoms with Crippen LogP contribution in [-0.4, -0.2) is 50.9 Å². The molecule has 254 valence electrons. The standard InChI is InChI=1S/C37H41Cl2N3O5S/c1-5-47-32-17-15-31(16-18-32)42(48(45,46)33-19-11-27(4)12-20-33)25-36(43)41(24-29-13-14-30(38)22-34(29)39)35(37(44)40-23-26(2)3)21-28-9-7-6-8-10-28/h6-20,22,26,35H,5,21,23-25H2,1-4H3,(H,40,44)/t35-/m1/s1. The molecule has 0 spiro atoms. The Morgan fingerprint density at radius 1 is 0.896 bits per heavy atom. The van der Waals surface area contributed by atoms with Crippen LogP contribution in [0, 0.1) is 12.8 Å².